The molecule has 0 radical (unpaired) electrons. The van der Waals surface area contributed by atoms with Gasteiger partial charge in [-0.15, -0.1) is 0 Å². The number of unbranched alkanes of at least 4 members (excludes halogenated alkanes) is 3. The minimum absolute atomic E-state index is 0.751. The lowest BCUT2D eigenvalue weighted by Crippen LogP contribution is -2.29. The van der Waals surface area contributed by atoms with Crippen LogP contribution in [0.25, 0.3) is 0 Å². The van der Waals surface area contributed by atoms with Crippen molar-refractivity contribution in [1.82, 2.24) is 0 Å². The number of thiophene rings is 1. The van der Waals surface area contributed by atoms with Crippen molar-refractivity contribution in [3.05, 3.63) is 17.0 Å². The maximum Gasteiger partial charge on any atom is 0.501 e. The Labute approximate surface area is 96.4 Å². The van der Waals surface area contributed by atoms with Crippen LogP contribution in [0.4, 0.5) is 0 Å². The first-order valence-electron chi connectivity index (χ1n) is 5.56. The van der Waals surface area contributed by atoms with Crippen molar-refractivity contribution in [1.29, 1.82) is 0 Å². The number of hydrogen-bond donors (Lipinski definition) is 1. The normalized spacial score (nSPS) is 10.6. The van der Waals surface area contributed by atoms with E-state index in [9.17, 15) is 5.02 Å². The molecule has 0 saturated carbocycles. The van der Waals surface area contributed by atoms with Crippen LogP contribution in [-0.4, -0.2) is 19.3 Å². The van der Waals surface area contributed by atoms with Crippen molar-refractivity contribution in [2.45, 2.75) is 39.0 Å². The SMILES string of the molecule is CCCCCCc1csc(B(O)OC)c1. The molecule has 0 aromatic carbocycles. The van der Waals surface area contributed by atoms with Gasteiger partial charge in [-0.3, -0.25) is 0 Å². The van der Waals surface area contributed by atoms with Crippen molar-refractivity contribution >= 4 is 23.2 Å². The fourth-order valence-electron chi connectivity index (χ4n) is 1.53. The summed E-state index contributed by atoms with van der Waals surface area (Å²) in [6.07, 6.45) is 6.25. The van der Waals surface area contributed by atoms with Gasteiger partial charge in [0.2, 0.25) is 0 Å². The molecule has 15 heavy (non-hydrogen) atoms. The Kier molecular flexibility index (Phi) is 5.99. The van der Waals surface area contributed by atoms with Crippen molar-refractivity contribution < 1.29 is 9.68 Å². The minimum atomic E-state index is -0.751. The molecule has 1 rings (SSSR count). The molecule has 1 aromatic heterocycles. The summed E-state index contributed by atoms with van der Waals surface area (Å²) in [7, 11) is 0.769. The van der Waals surface area contributed by atoms with E-state index in [4.69, 9.17) is 4.65 Å². The first-order valence-corrected chi connectivity index (χ1v) is 6.44. The average molecular weight is 226 g/mol. The van der Waals surface area contributed by atoms with E-state index in [2.05, 4.69) is 12.3 Å². The van der Waals surface area contributed by atoms with Crippen molar-refractivity contribution in [2.75, 3.05) is 7.11 Å². The van der Waals surface area contributed by atoms with E-state index in [1.807, 2.05) is 6.07 Å². The van der Waals surface area contributed by atoms with Crippen LogP contribution in [0.15, 0.2) is 11.4 Å². The summed E-state index contributed by atoms with van der Waals surface area (Å²) >= 11 is 1.57. The Morgan fingerprint density at radius 1 is 1.40 bits per heavy atom. The van der Waals surface area contributed by atoms with E-state index >= 15 is 0 Å². The quantitative estimate of drug-likeness (QED) is 0.570. The third kappa shape index (κ3) is 4.37. The maximum absolute atomic E-state index is 9.44. The lowest BCUT2D eigenvalue weighted by molar-refractivity contribution is 0.342. The van der Waals surface area contributed by atoms with Crippen LogP contribution in [-0.2, 0) is 11.1 Å². The predicted octanol–water partition coefficient (Wildman–Crippen LogP) is 2.20. The Morgan fingerprint density at radius 2 is 2.20 bits per heavy atom. The molecule has 1 aromatic rings. The van der Waals surface area contributed by atoms with E-state index in [1.165, 1.54) is 38.4 Å². The summed E-state index contributed by atoms with van der Waals surface area (Å²) in [6, 6.07) is 2.05. The van der Waals surface area contributed by atoms with Gasteiger partial charge in [-0.1, -0.05) is 26.2 Å². The fraction of sp³-hybridized carbons (Fsp3) is 0.636. The zero-order chi connectivity index (χ0) is 11.1. The first kappa shape index (κ1) is 12.8. The summed E-state index contributed by atoms with van der Waals surface area (Å²) in [4.78, 5) is 0. The smallest absolute Gasteiger partial charge is 0.423 e. The summed E-state index contributed by atoms with van der Waals surface area (Å²) < 4.78 is 5.76. The van der Waals surface area contributed by atoms with Crippen LogP contribution in [0.1, 0.15) is 38.2 Å². The largest absolute Gasteiger partial charge is 0.501 e. The Hall–Kier alpha value is -0.315. The van der Waals surface area contributed by atoms with E-state index < -0.39 is 7.12 Å². The topological polar surface area (TPSA) is 29.5 Å². The van der Waals surface area contributed by atoms with Gasteiger partial charge in [-0.05, 0) is 29.9 Å². The molecule has 0 aliphatic carbocycles. The van der Waals surface area contributed by atoms with Gasteiger partial charge < -0.3 is 9.68 Å². The van der Waals surface area contributed by atoms with E-state index in [-0.39, 0.29) is 0 Å². The lowest BCUT2D eigenvalue weighted by Gasteiger charge is -1.98. The summed E-state index contributed by atoms with van der Waals surface area (Å²) in [5, 5.41) is 11.6. The molecular formula is C11H19BO2S. The molecule has 0 bridgehead atoms. The van der Waals surface area contributed by atoms with Gasteiger partial charge in [0.25, 0.3) is 0 Å². The maximum atomic E-state index is 9.44. The molecular weight excluding hydrogens is 207 g/mol. The summed E-state index contributed by atoms with van der Waals surface area (Å²) in [6.45, 7) is 2.22. The van der Waals surface area contributed by atoms with Crippen LogP contribution in [0.2, 0.25) is 0 Å². The van der Waals surface area contributed by atoms with Crippen LogP contribution in [0.3, 0.4) is 0 Å². The molecule has 0 unspecified atom stereocenters. The lowest BCUT2D eigenvalue weighted by atomic mass is 9.88. The third-order valence-corrected chi connectivity index (χ3v) is 3.47. The standard InChI is InChI=1S/C11H19BO2S/c1-3-4-5-6-7-10-8-11(15-9-10)12(13)14-2/h8-9,13H,3-7H2,1-2H3. The first-order chi connectivity index (χ1) is 7.27. The van der Waals surface area contributed by atoms with Gasteiger partial charge in [0.1, 0.15) is 0 Å². The third-order valence-electron chi connectivity index (χ3n) is 2.46. The van der Waals surface area contributed by atoms with Gasteiger partial charge >= 0.3 is 7.12 Å². The monoisotopic (exact) mass is 226 g/mol. The van der Waals surface area contributed by atoms with Crippen LogP contribution >= 0.6 is 11.3 Å². The molecule has 2 nitrogen and oxygen atoms in total. The molecule has 0 aliphatic rings. The highest BCUT2D eigenvalue weighted by Crippen LogP contribution is 2.10. The highest BCUT2D eigenvalue weighted by Gasteiger charge is 2.16. The Bertz CT molecular complexity index is 275. The van der Waals surface area contributed by atoms with Crippen molar-refractivity contribution in [3.63, 3.8) is 0 Å². The number of hydrogen-bond acceptors (Lipinski definition) is 3. The van der Waals surface area contributed by atoms with E-state index in [1.54, 1.807) is 11.3 Å². The molecule has 0 saturated heterocycles. The van der Waals surface area contributed by atoms with Gasteiger partial charge in [-0.2, -0.15) is 11.3 Å². The van der Waals surface area contributed by atoms with E-state index in [0.717, 1.165) is 11.2 Å². The number of aryl methyl sites for hydroxylation is 1. The summed E-state index contributed by atoms with van der Waals surface area (Å²) in [5.74, 6) is 0. The highest BCUT2D eigenvalue weighted by molar-refractivity contribution is 7.20. The zero-order valence-corrected chi connectivity index (χ0v) is 10.3. The molecule has 0 atom stereocenters. The average Bonchev–Trinajstić information content (AvgIpc) is 2.72. The Balaban J connectivity index is 2.33. The second kappa shape index (κ2) is 7.04. The molecule has 1 N–H and O–H groups in total. The number of rotatable bonds is 7. The van der Waals surface area contributed by atoms with Crippen molar-refractivity contribution in [2.24, 2.45) is 0 Å². The van der Waals surface area contributed by atoms with Crippen LogP contribution < -0.4 is 4.78 Å². The molecule has 0 aliphatic heterocycles. The van der Waals surface area contributed by atoms with Gasteiger partial charge in [0.15, 0.2) is 0 Å². The second-order valence-corrected chi connectivity index (χ2v) is 4.70. The van der Waals surface area contributed by atoms with Crippen molar-refractivity contribution in [3.8, 4) is 0 Å². The van der Waals surface area contributed by atoms with Crippen LogP contribution in [0, 0.1) is 0 Å². The molecule has 4 heteroatoms. The van der Waals surface area contributed by atoms with Crippen LogP contribution in [0.5, 0.6) is 0 Å². The highest BCUT2D eigenvalue weighted by atomic mass is 32.1. The fourth-order valence-corrected chi connectivity index (χ4v) is 2.43. The molecule has 0 fully saturated rings. The summed E-state index contributed by atoms with van der Waals surface area (Å²) in [5.41, 5.74) is 1.32. The minimum Gasteiger partial charge on any atom is -0.423 e. The molecule has 1 heterocycles. The molecule has 0 amide bonds. The van der Waals surface area contributed by atoms with Gasteiger partial charge in [-0.25, -0.2) is 0 Å². The van der Waals surface area contributed by atoms with E-state index in [0.29, 0.717) is 0 Å². The van der Waals surface area contributed by atoms with Gasteiger partial charge in [0, 0.05) is 11.9 Å². The molecule has 84 valence electrons. The predicted molar refractivity (Wildman–Crippen MR) is 66.8 cm³/mol. The second-order valence-electron chi connectivity index (χ2n) is 3.76. The Morgan fingerprint density at radius 3 is 2.87 bits per heavy atom. The zero-order valence-electron chi connectivity index (χ0n) is 9.53. The molecule has 0 spiro atoms. The van der Waals surface area contributed by atoms with Gasteiger partial charge in [0.05, 0.1) is 0 Å².